The molecule has 1 aromatic rings. The van der Waals surface area contributed by atoms with Crippen LogP contribution in [0.4, 0.5) is 0 Å². The molecule has 1 heterocycles. The van der Waals surface area contributed by atoms with Crippen molar-refractivity contribution in [3.8, 4) is 5.75 Å². The molecule has 1 amide bonds. The van der Waals surface area contributed by atoms with E-state index in [9.17, 15) is 4.79 Å². The highest BCUT2D eigenvalue weighted by atomic mass is 16.5. The number of hydrogen-bond donors (Lipinski definition) is 1. The lowest BCUT2D eigenvalue weighted by Crippen LogP contribution is -2.45. The summed E-state index contributed by atoms with van der Waals surface area (Å²) in [6.45, 7) is 8.44. The molecule has 4 nitrogen and oxygen atoms in total. The largest absolute Gasteiger partial charge is 0.493 e. The standard InChI is InChI=1S/C19H30N2O2/c1-14(2)16-6-8-18(9-7-16)23-12-10-19(22)21-11-4-5-17(13-21)15(3)20/h6-9,14-15,17H,4-5,10-13,20H2,1-3H3. The van der Waals surface area contributed by atoms with Crippen LogP contribution in [0.2, 0.25) is 0 Å². The maximum Gasteiger partial charge on any atom is 0.226 e. The van der Waals surface area contributed by atoms with Gasteiger partial charge in [0.1, 0.15) is 5.75 Å². The van der Waals surface area contributed by atoms with E-state index in [2.05, 4.69) is 26.0 Å². The maximum atomic E-state index is 12.3. The number of benzene rings is 1. The van der Waals surface area contributed by atoms with E-state index in [1.54, 1.807) is 0 Å². The topological polar surface area (TPSA) is 55.6 Å². The second-order valence-electron chi connectivity index (χ2n) is 6.92. The number of amides is 1. The molecule has 128 valence electrons. The third-order valence-corrected chi connectivity index (χ3v) is 4.69. The summed E-state index contributed by atoms with van der Waals surface area (Å²) in [6.07, 6.45) is 2.60. The second-order valence-corrected chi connectivity index (χ2v) is 6.92. The SMILES string of the molecule is CC(C)c1ccc(OCCC(=O)N2CCCC(C(C)N)C2)cc1. The molecule has 4 heteroatoms. The molecule has 1 aliphatic rings. The third-order valence-electron chi connectivity index (χ3n) is 4.69. The van der Waals surface area contributed by atoms with Gasteiger partial charge >= 0.3 is 0 Å². The van der Waals surface area contributed by atoms with Gasteiger partial charge in [-0.15, -0.1) is 0 Å². The average molecular weight is 318 g/mol. The molecule has 1 saturated heterocycles. The summed E-state index contributed by atoms with van der Waals surface area (Å²) >= 11 is 0. The second kappa shape index (κ2) is 8.34. The van der Waals surface area contributed by atoms with Crippen LogP contribution in [0.3, 0.4) is 0 Å². The van der Waals surface area contributed by atoms with Crippen LogP contribution in [-0.4, -0.2) is 36.5 Å². The van der Waals surface area contributed by atoms with Gasteiger partial charge in [0.25, 0.3) is 0 Å². The highest BCUT2D eigenvalue weighted by molar-refractivity contribution is 5.76. The first-order valence-corrected chi connectivity index (χ1v) is 8.73. The summed E-state index contributed by atoms with van der Waals surface area (Å²) < 4.78 is 5.70. The minimum absolute atomic E-state index is 0.154. The lowest BCUT2D eigenvalue weighted by Gasteiger charge is -2.34. The van der Waals surface area contributed by atoms with Crippen LogP contribution in [0, 0.1) is 5.92 Å². The van der Waals surface area contributed by atoms with Crippen molar-refractivity contribution in [2.24, 2.45) is 11.7 Å². The summed E-state index contributed by atoms with van der Waals surface area (Å²) in [5, 5.41) is 0. The van der Waals surface area contributed by atoms with E-state index in [0.717, 1.165) is 31.7 Å². The van der Waals surface area contributed by atoms with Crippen molar-refractivity contribution in [3.63, 3.8) is 0 Å². The van der Waals surface area contributed by atoms with Gasteiger partial charge in [-0.2, -0.15) is 0 Å². The highest BCUT2D eigenvalue weighted by Gasteiger charge is 2.25. The lowest BCUT2D eigenvalue weighted by atomic mass is 9.92. The predicted octanol–water partition coefficient (Wildman–Crippen LogP) is 3.16. The van der Waals surface area contributed by atoms with E-state index in [0.29, 0.717) is 24.9 Å². The number of nitrogens with zero attached hydrogens (tertiary/aromatic N) is 1. The Morgan fingerprint density at radius 3 is 2.61 bits per heavy atom. The van der Waals surface area contributed by atoms with Crippen LogP contribution in [0.15, 0.2) is 24.3 Å². The number of rotatable bonds is 6. The van der Waals surface area contributed by atoms with Crippen LogP contribution in [0.25, 0.3) is 0 Å². The molecule has 1 aliphatic heterocycles. The molecular formula is C19H30N2O2. The Morgan fingerprint density at radius 1 is 1.30 bits per heavy atom. The zero-order chi connectivity index (χ0) is 16.8. The molecule has 23 heavy (non-hydrogen) atoms. The van der Waals surface area contributed by atoms with E-state index in [-0.39, 0.29) is 11.9 Å². The van der Waals surface area contributed by atoms with E-state index < -0.39 is 0 Å². The van der Waals surface area contributed by atoms with Crippen molar-refractivity contribution in [2.75, 3.05) is 19.7 Å². The van der Waals surface area contributed by atoms with Crippen molar-refractivity contribution in [3.05, 3.63) is 29.8 Å². The van der Waals surface area contributed by atoms with Gasteiger partial charge < -0.3 is 15.4 Å². The van der Waals surface area contributed by atoms with Gasteiger partial charge in [0, 0.05) is 19.1 Å². The van der Waals surface area contributed by atoms with Crippen LogP contribution in [0.5, 0.6) is 5.75 Å². The molecule has 1 fully saturated rings. The van der Waals surface area contributed by atoms with Gasteiger partial charge in [0.05, 0.1) is 13.0 Å². The Kier molecular flexibility index (Phi) is 6.46. The van der Waals surface area contributed by atoms with Crippen LogP contribution >= 0.6 is 0 Å². The van der Waals surface area contributed by atoms with E-state index in [1.165, 1.54) is 5.56 Å². The Morgan fingerprint density at radius 2 is 2.00 bits per heavy atom. The molecular weight excluding hydrogens is 288 g/mol. The van der Waals surface area contributed by atoms with Gasteiger partial charge in [-0.3, -0.25) is 4.79 Å². The van der Waals surface area contributed by atoms with E-state index >= 15 is 0 Å². The quantitative estimate of drug-likeness (QED) is 0.876. The molecule has 0 saturated carbocycles. The molecule has 2 N–H and O–H groups in total. The number of ether oxygens (including phenoxy) is 1. The third kappa shape index (κ3) is 5.24. The van der Waals surface area contributed by atoms with Crippen LogP contribution in [0.1, 0.15) is 51.5 Å². The van der Waals surface area contributed by atoms with Crippen LogP contribution < -0.4 is 10.5 Å². The molecule has 2 atom stereocenters. The summed E-state index contributed by atoms with van der Waals surface area (Å²) in [7, 11) is 0. The number of piperidine rings is 1. The number of nitrogens with two attached hydrogens (primary N) is 1. The zero-order valence-corrected chi connectivity index (χ0v) is 14.6. The van der Waals surface area contributed by atoms with Gasteiger partial charge in [0.15, 0.2) is 0 Å². The number of carbonyl (C=O) groups is 1. The monoisotopic (exact) mass is 318 g/mol. The molecule has 0 spiro atoms. The molecule has 0 aromatic heterocycles. The fourth-order valence-electron chi connectivity index (χ4n) is 3.03. The number of hydrogen-bond acceptors (Lipinski definition) is 3. The maximum absolute atomic E-state index is 12.3. The molecule has 2 unspecified atom stereocenters. The first-order chi connectivity index (χ1) is 11.0. The summed E-state index contributed by atoms with van der Waals surface area (Å²) in [6, 6.07) is 8.28. The summed E-state index contributed by atoms with van der Waals surface area (Å²) in [5.74, 6) is 1.95. The van der Waals surface area contributed by atoms with Crippen molar-refractivity contribution in [1.29, 1.82) is 0 Å². The minimum Gasteiger partial charge on any atom is -0.493 e. The number of likely N-dealkylation sites (tertiary alicyclic amines) is 1. The van der Waals surface area contributed by atoms with Crippen molar-refractivity contribution < 1.29 is 9.53 Å². The fourth-order valence-corrected chi connectivity index (χ4v) is 3.03. The first-order valence-electron chi connectivity index (χ1n) is 8.73. The van der Waals surface area contributed by atoms with Gasteiger partial charge in [-0.25, -0.2) is 0 Å². The predicted molar refractivity (Wildman–Crippen MR) is 93.6 cm³/mol. The lowest BCUT2D eigenvalue weighted by molar-refractivity contribution is -0.133. The smallest absolute Gasteiger partial charge is 0.226 e. The van der Waals surface area contributed by atoms with Crippen molar-refractivity contribution >= 4 is 5.91 Å². The first kappa shape index (κ1) is 17.8. The number of carbonyl (C=O) groups excluding carboxylic acids is 1. The van der Waals surface area contributed by atoms with Gasteiger partial charge in [-0.05, 0) is 49.3 Å². The fraction of sp³-hybridized carbons (Fsp3) is 0.632. The molecule has 0 radical (unpaired) electrons. The zero-order valence-electron chi connectivity index (χ0n) is 14.6. The van der Waals surface area contributed by atoms with E-state index in [4.69, 9.17) is 10.5 Å². The highest BCUT2D eigenvalue weighted by Crippen LogP contribution is 2.20. The Labute approximate surface area is 140 Å². The average Bonchev–Trinajstić information content (AvgIpc) is 2.55. The Balaban J connectivity index is 1.76. The summed E-state index contributed by atoms with van der Waals surface area (Å²) in [5.41, 5.74) is 7.27. The molecule has 2 rings (SSSR count). The van der Waals surface area contributed by atoms with Gasteiger partial charge in [0.2, 0.25) is 5.91 Å². The van der Waals surface area contributed by atoms with Crippen LogP contribution in [-0.2, 0) is 4.79 Å². The normalized spacial score (nSPS) is 19.7. The Hall–Kier alpha value is -1.55. The van der Waals surface area contributed by atoms with Crippen molar-refractivity contribution in [1.82, 2.24) is 4.90 Å². The molecule has 0 aliphatic carbocycles. The molecule has 0 bridgehead atoms. The summed E-state index contributed by atoms with van der Waals surface area (Å²) in [4.78, 5) is 14.3. The minimum atomic E-state index is 0.154. The van der Waals surface area contributed by atoms with Gasteiger partial charge in [-0.1, -0.05) is 26.0 Å². The molecule has 1 aromatic carbocycles. The van der Waals surface area contributed by atoms with Crippen molar-refractivity contribution in [2.45, 2.75) is 52.0 Å². The van der Waals surface area contributed by atoms with E-state index in [1.807, 2.05) is 24.0 Å². The Bertz CT molecular complexity index is 497.